The predicted octanol–water partition coefficient (Wildman–Crippen LogP) is 0.357. The second kappa shape index (κ2) is 5.45. The van der Waals surface area contributed by atoms with Crippen molar-refractivity contribution >= 4 is 33.9 Å². The Kier molecular flexibility index (Phi) is 3.64. The number of carbonyl (C=O) groups excluding carboxylic acids is 2. The lowest BCUT2D eigenvalue weighted by atomic mass is 10.2. The lowest BCUT2D eigenvalue weighted by molar-refractivity contribution is -0.132. The quantitative estimate of drug-likeness (QED) is 0.797. The molecule has 21 heavy (non-hydrogen) atoms. The molecule has 0 bridgehead atoms. The molecule has 0 saturated carbocycles. The molecule has 1 saturated heterocycles. The summed E-state index contributed by atoms with van der Waals surface area (Å²) in [6.45, 7) is 5.45. The van der Waals surface area contributed by atoms with Crippen LogP contribution in [0.15, 0.2) is 11.6 Å². The van der Waals surface area contributed by atoms with Crippen LogP contribution in [0.25, 0.3) is 4.96 Å². The van der Waals surface area contributed by atoms with Gasteiger partial charge in [-0.1, -0.05) is 6.92 Å². The molecule has 112 valence electrons. The Morgan fingerprint density at radius 2 is 2.33 bits per heavy atom. The van der Waals surface area contributed by atoms with Gasteiger partial charge in [-0.25, -0.2) is 4.98 Å². The largest absolute Gasteiger partial charge is 0.334 e. The molecule has 1 aliphatic heterocycles. The molecule has 1 fully saturated rings. The van der Waals surface area contributed by atoms with Crippen molar-refractivity contribution < 1.29 is 9.59 Å². The molecular formula is C13H17N5O2S. The maximum Gasteiger partial charge on any atom is 0.249 e. The van der Waals surface area contributed by atoms with Gasteiger partial charge in [-0.05, 0) is 13.5 Å². The first-order valence-electron chi connectivity index (χ1n) is 6.87. The normalized spacial score (nSPS) is 19.3. The van der Waals surface area contributed by atoms with Gasteiger partial charge in [-0.2, -0.15) is 0 Å². The van der Waals surface area contributed by atoms with Crippen LogP contribution >= 0.6 is 11.3 Å². The number of nitrogens with zero attached hydrogens (tertiary/aromatic N) is 3. The lowest BCUT2D eigenvalue weighted by Gasteiger charge is -2.32. The third-order valence-electron chi connectivity index (χ3n) is 3.58. The monoisotopic (exact) mass is 307 g/mol. The molecule has 8 heteroatoms. The van der Waals surface area contributed by atoms with Gasteiger partial charge >= 0.3 is 0 Å². The molecule has 0 radical (unpaired) electrons. The van der Waals surface area contributed by atoms with Crippen molar-refractivity contribution in [2.75, 3.05) is 18.0 Å². The van der Waals surface area contributed by atoms with Gasteiger partial charge in [0.1, 0.15) is 6.04 Å². The van der Waals surface area contributed by atoms with Gasteiger partial charge in [-0.15, -0.1) is 11.3 Å². The summed E-state index contributed by atoms with van der Waals surface area (Å²) in [4.78, 5) is 30.7. The van der Waals surface area contributed by atoms with Crippen LogP contribution in [0.3, 0.4) is 0 Å². The number of hydrogen-bond donors (Lipinski definition) is 2. The molecule has 2 aromatic rings. The highest BCUT2D eigenvalue weighted by Gasteiger charge is 2.33. The Labute approximate surface area is 126 Å². The SMILES string of the molecule is CCNCc1c(N2CC(=O)NC(=O)C2C)nc2sccn12. The van der Waals surface area contributed by atoms with E-state index in [-0.39, 0.29) is 18.4 Å². The van der Waals surface area contributed by atoms with Crippen molar-refractivity contribution in [3.8, 4) is 0 Å². The summed E-state index contributed by atoms with van der Waals surface area (Å²) in [5.74, 6) is 0.138. The topological polar surface area (TPSA) is 78.7 Å². The molecule has 1 aliphatic rings. The highest BCUT2D eigenvalue weighted by Crippen LogP contribution is 2.27. The number of aromatic nitrogens is 2. The van der Waals surface area contributed by atoms with Gasteiger partial charge < -0.3 is 10.2 Å². The van der Waals surface area contributed by atoms with E-state index in [1.54, 1.807) is 11.8 Å². The zero-order valence-corrected chi connectivity index (χ0v) is 12.7. The minimum Gasteiger partial charge on any atom is -0.334 e. The molecule has 0 aliphatic carbocycles. The zero-order valence-electron chi connectivity index (χ0n) is 11.9. The minimum atomic E-state index is -0.410. The molecule has 0 spiro atoms. The van der Waals surface area contributed by atoms with E-state index in [9.17, 15) is 9.59 Å². The summed E-state index contributed by atoms with van der Waals surface area (Å²) < 4.78 is 2.01. The highest BCUT2D eigenvalue weighted by atomic mass is 32.1. The molecule has 2 N–H and O–H groups in total. The molecule has 3 rings (SSSR count). The Bertz CT molecular complexity index is 692. The number of thiazole rings is 1. The Balaban J connectivity index is 2.03. The first kappa shape index (κ1) is 14.0. The van der Waals surface area contributed by atoms with Crippen molar-refractivity contribution in [2.45, 2.75) is 26.4 Å². The fourth-order valence-electron chi connectivity index (χ4n) is 2.43. The molecule has 2 aromatic heterocycles. The van der Waals surface area contributed by atoms with Crippen LogP contribution in [0.4, 0.5) is 5.82 Å². The number of hydrogen-bond acceptors (Lipinski definition) is 6. The van der Waals surface area contributed by atoms with E-state index in [0.717, 1.165) is 17.2 Å². The van der Waals surface area contributed by atoms with E-state index in [2.05, 4.69) is 15.6 Å². The fourth-order valence-corrected chi connectivity index (χ4v) is 3.16. The van der Waals surface area contributed by atoms with E-state index >= 15 is 0 Å². The van der Waals surface area contributed by atoms with Crippen molar-refractivity contribution in [1.29, 1.82) is 0 Å². The number of imidazole rings is 1. The lowest BCUT2D eigenvalue weighted by Crippen LogP contribution is -2.57. The minimum absolute atomic E-state index is 0.150. The smallest absolute Gasteiger partial charge is 0.249 e. The predicted molar refractivity (Wildman–Crippen MR) is 80.4 cm³/mol. The summed E-state index contributed by atoms with van der Waals surface area (Å²) in [5.41, 5.74) is 0.974. The highest BCUT2D eigenvalue weighted by molar-refractivity contribution is 7.15. The van der Waals surface area contributed by atoms with E-state index in [1.807, 2.05) is 22.9 Å². The van der Waals surface area contributed by atoms with Crippen LogP contribution in [-0.2, 0) is 16.1 Å². The third kappa shape index (κ3) is 2.40. The van der Waals surface area contributed by atoms with Crippen molar-refractivity contribution in [3.05, 3.63) is 17.3 Å². The Morgan fingerprint density at radius 3 is 3.10 bits per heavy atom. The average Bonchev–Trinajstić information content (AvgIpc) is 3.01. The standard InChI is InChI=1S/C13H17N5O2S/c1-3-14-6-9-11(16-13-17(9)4-5-21-13)18-7-10(19)15-12(20)8(18)2/h4-5,8,14H,3,6-7H2,1-2H3,(H,15,19,20). The van der Waals surface area contributed by atoms with Gasteiger partial charge in [0.2, 0.25) is 11.8 Å². The molecule has 2 amide bonds. The molecule has 1 unspecified atom stereocenters. The van der Waals surface area contributed by atoms with Gasteiger partial charge in [0, 0.05) is 18.1 Å². The first-order chi connectivity index (χ1) is 10.1. The van der Waals surface area contributed by atoms with Crippen LogP contribution in [0.2, 0.25) is 0 Å². The molecule has 0 aromatic carbocycles. The van der Waals surface area contributed by atoms with Gasteiger partial charge in [0.05, 0.1) is 12.2 Å². The molecule has 3 heterocycles. The number of nitrogens with one attached hydrogen (secondary N) is 2. The van der Waals surface area contributed by atoms with Crippen LogP contribution in [0.1, 0.15) is 19.5 Å². The Hall–Kier alpha value is -1.93. The van der Waals surface area contributed by atoms with E-state index < -0.39 is 6.04 Å². The number of carbonyl (C=O) groups is 2. The van der Waals surface area contributed by atoms with Crippen LogP contribution in [-0.4, -0.2) is 40.3 Å². The second-order valence-electron chi connectivity index (χ2n) is 4.93. The van der Waals surface area contributed by atoms with Gasteiger partial charge in [0.25, 0.3) is 0 Å². The zero-order chi connectivity index (χ0) is 15.0. The molecule has 1 atom stereocenters. The fraction of sp³-hybridized carbons (Fsp3) is 0.462. The van der Waals surface area contributed by atoms with Crippen molar-refractivity contribution in [3.63, 3.8) is 0 Å². The van der Waals surface area contributed by atoms with Crippen LogP contribution < -0.4 is 15.5 Å². The van der Waals surface area contributed by atoms with Crippen molar-refractivity contribution in [2.24, 2.45) is 0 Å². The second-order valence-corrected chi connectivity index (χ2v) is 5.81. The maximum atomic E-state index is 11.8. The van der Waals surface area contributed by atoms with Crippen LogP contribution in [0.5, 0.6) is 0 Å². The summed E-state index contributed by atoms with van der Waals surface area (Å²) >= 11 is 1.53. The van der Waals surface area contributed by atoms with Gasteiger partial charge in [-0.3, -0.25) is 19.3 Å². The average molecular weight is 307 g/mol. The number of rotatable bonds is 4. The number of imide groups is 1. The maximum absolute atomic E-state index is 11.8. The summed E-state index contributed by atoms with van der Waals surface area (Å²) in [5, 5.41) is 7.60. The number of fused-ring (bicyclic) bond motifs is 1. The Morgan fingerprint density at radius 1 is 1.52 bits per heavy atom. The van der Waals surface area contributed by atoms with Gasteiger partial charge in [0.15, 0.2) is 10.8 Å². The summed E-state index contributed by atoms with van der Waals surface area (Å²) in [7, 11) is 0. The summed E-state index contributed by atoms with van der Waals surface area (Å²) in [6, 6.07) is -0.410. The number of amides is 2. The van der Waals surface area contributed by atoms with Crippen molar-refractivity contribution in [1.82, 2.24) is 20.0 Å². The van der Waals surface area contributed by atoms with E-state index in [0.29, 0.717) is 12.4 Å². The van der Waals surface area contributed by atoms with E-state index in [4.69, 9.17) is 0 Å². The third-order valence-corrected chi connectivity index (χ3v) is 4.33. The number of anilines is 1. The van der Waals surface area contributed by atoms with Crippen LogP contribution in [0, 0.1) is 0 Å². The molecular weight excluding hydrogens is 290 g/mol. The first-order valence-corrected chi connectivity index (χ1v) is 7.75. The van der Waals surface area contributed by atoms with E-state index in [1.165, 1.54) is 11.3 Å². The summed E-state index contributed by atoms with van der Waals surface area (Å²) in [6.07, 6.45) is 1.96. The molecule has 7 nitrogen and oxygen atoms in total. The number of piperazine rings is 1.